The van der Waals surface area contributed by atoms with Gasteiger partial charge in [-0.3, -0.25) is 0 Å². The molecule has 1 unspecified atom stereocenters. The number of nitrogens with two attached hydrogens (primary N) is 1. The van der Waals surface area contributed by atoms with Crippen LogP contribution in [0.25, 0.3) is 0 Å². The Morgan fingerprint density at radius 1 is 1.40 bits per heavy atom. The highest BCUT2D eigenvalue weighted by Gasteiger charge is 2.33. The zero-order chi connectivity index (χ0) is 14.8. The molecule has 112 valence electrons. The first kappa shape index (κ1) is 15.1. The molecule has 0 saturated heterocycles. The lowest BCUT2D eigenvalue weighted by Gasteiger charge is -2.32. The van der Waals surface area contributed by atoms with E-state index in [1.54, 1.807) is 7.11 Å². The maximum Gasteiger partial charge on any atom is 0.125 e. The van der Waals surface area contributed by atoms with Crippen LogP contribution >= 0.6 is 0 Å². The largest absolute Gasteiger partial charge is 0.496 e. The SMILES string of the molecule is COc1cccc(N(C)CC2(O)CCCC2)c1C(C)N. The Bertz CT molecular complexity index is 454. The molecule has 1 aliphatic rings. The van der Waals surface area contributed by atoms with Crippen LogP contribution in [0.15, 0.2) is 18.2 Å². The maximum absolute atomic E-state index is 10.6. The fourth-order valence-electron chi connectivity index (χ4n) is 3.22. The standard InChI is InChI=1S/C16H26N2O2/c1-12(17)15-13(7-6-8-14(15)20-3)18(2)11-16(19)9-4-5-10-16/h6-8,12,19H,4-5,9-11,17H2,1-3H3. The van der Waals surface area contributed by atoms with E-state index in [1.165, 1.54) is 0 Å². The number of benzene rings is 1. The third kappa shape index (κ3) is 3.07. The second kappa shape index (κ2) is 6.02. The lowest BCUT2D eigenvalue weighted by Crippen LogP contribution is -2.39. The molecular weight excluding hydrogens is 252 g/mol. The van der Waals surface area contributed by atoms with Crippen molar-refractivity contribution in [2.24, 2.45) is 5.73 Å². The molecule has 1 aromatic rings. The molecule has 4 heteroatoms. The molecule has 0 bridgehead atoms. The monoisotopic (exact) mass is 278 g/mol. The Morgan fingerprint density at radius 3 is 2.60 bits per heavy atom. The molecule has 3 N–H and O–H groups in total. The predicted octanol–water partition coefficient (Wildman–Crippen LogP) is 2.46. The van der Waals surface area contributed by atoms with Crippen molar-refractivity contribution in [3.63, 3.8) is 0 Å². The Labute approximate surface area is 121 Å². The van der Waals surface area contributed by atoms with E-state index in [0.717, 1.165) is 42.7 Å². The molecule has 0 radical (unpaired) electrons. The number of ether oxygens (including phenoxy) is 1. The summed E-state index contributed by atoms with van der Waals surface area (Å²) in [5, 5.41) is 10.6. The van der Waals surface area contributed by atoms with E-state index in [9.17, 15) is 5.11 Å². The quantitative estimate of drug-likeness (QED) is 0.868. The topological polar surface area (TPSA) is 58.7 Å². The number of methoxy groups -OCH3 is 1. The van der Waals surface area contributed by atoms with Crippen LogP contribution in [0, 0.1) is 0 Å². The second-order valence-corrected chi connectivity index (χ2v) is 5.97. The minimum Gasteiger partial charge on any atom is -0.496 e. The second-order valence-electron chi connectivity index (χ2n) is 5.97. The smallest absolute Gasteiger partial charge is 0.125 e. The predicted molar refractivity (Wildman–Crippen MR) is 82.3 cm³/mol. The van der Waals surface area contributed by atoms with E-state index in [1.807, 2.05) is 32.2 Å². The summed E-state index contributed by atoms with van der Waals surface area (Å²) in [6, 6.07) is 5.83. The molecule has 0 aliphatic heterocycles. The number of aliphatic hydroxyl groups is 1. The molecule has 4 nitrogen and oxygen atoms in total. The summed E-state index contributed by atoms with van der Waals surface area (Å²) in [5.74, 6) is 0.808. The molecule has 0 heterocycles. The summed E-state index contributed by atoms with van der Waals surface area (Å²) >= 11 is 0. The summed E-state index contributed by atoms with van der Waals surface area (Å²) < 4.78 is 5.42. The average Bonchev–Trinajstić information content (AvgIpc) is 2.83. The highest BCUT2D eigenvalue weighted by Crippen LogP contribution is 2.36. The highest BCUT2D eigenvalue weighted by atomic mass is 16.5. The minimum atomic E-state index is -0.563. The summed E-state index contributed by atoms with van der Waals surface area (Å²) in [6.07, 6.45) is 3.99. The molecule has 1 fully saturated rings. The van der Waals surface area contributed by atoms with Crippen molar-refractivity contribution in [3.8, 4) is 5.75 Å². The Balaban J connectivity index is 2.27. The summed E-state index contributed by atoms with van der Waals surface area (Å²) in [7, 11) is 3.67. The molecule has 0 spiro atoms. The third-order valence-electron chi connectivity index (χ3n) is 4.20. The van der Waals surface area contributed by atoms with Gasteiger partial charge in [0.15, 0.2) is 0 Å². The van der Waals surface area contributed by atoms with Gasteiger partial charge in [-0.15, -0.1) is 0 Å². The number of anilines is 1. The Kier molecular flexibility index (Phi) is 4.55. The molecular formula is C16H26N2O2. The van der Waals surface area contributed by atoms with Crippen LogP contribution in [0.1, 0.15) is 44.2 Å². The van der Waals surface area contributed by atoms with Crippen molar-refractivity contribution >= 4 is 5.69 Å². The van der Waals surface area contributed by atoms with E-state index >= 15 is 0 Å². The number of nitrogens with zero attached hydrogens (tertiary/aromatic N) is 1. The van der Waals surface area contributed by atoms with Gasteiger partial charge in [0.2, 0.25) is 0 Å². The van der Waals surface area contributed by atoms with E-state index in [2.05, 4.69) is 4.90 Å². The molecule has 1 aromatic carbocycles. The average molecular weight is 278 g/mol. The third-order valence-corrected chi connectivity index (χ3v) is 4.20. The van der Waals surface area contributed by atoms with Crippen molar-refractivity contribution in [3.05, 3.63) is 23.8 Å². The Morgan fingerprint density at radius 2 is 2.05 bits per heavy atom. The molecule has 0 amide bonds. The van der Waals surface area contributed by atoms with Gasteiger partial charge in [0.1, 0.15) is 5.75 Å². The zero-order valence-electron chi connectivity index (χ0n) is 12.7. The first-order chi connectivity index (χ1) is 9.47. The van der Waals surface area contributed by atoms with Crippen LogP contribution in [0.2, 0.25) is 0 Å². The van der Waals surface area contributed by atoms with Gasteiger partial charge < -0.3 is 20.5 Å². The highest BCUT2D eigenvalue weighted by molar-refractivity contribution is 5.60. The summed E-state index contributed by atoms with van der Waals surface area (Å²) in [6.45, 7) is 2.60. The van der Waals surface area contributed by atoms with E-state index in [-0.39, 0.29) is 6.04 Å². The molecule has 0 aromatic heterocycles. The number of hydrogen-bond acceptors (Lipinski definition) is 4. The first-order valence-electron chi connectivity index (χ1n) is 7.33. The molecule has 1 aliphatic carbocycles. The molecule has 1 saturated carbocycles. The molecule has 1 atom stereocenters. The van der Waals surface area contributed by atoms with Crippen LogP contribution in [0.3, 0.4) is 0 Å². The van der Waals surface area contributed by atoms with Crippen LogP contribution in [0.4, 0.5) is 5.69 Å². The zero-order valence-corrected chi connectivity index (χ0v) is 12.7. The van der Waals surface area contributed by atoms with Crippen LogP contribution in [-0.4, -0.2) is 31.4 Å². The van der Waals surface area contributed by atoms with Gasteiger partial charge in [-0.25, -0.2) is 0 Å². The van der Waals surface area contributed by atoms with Crippen molar-refractivity contribution in [2.45, 2.75) is 44.2 Å². The van der Waals surface area contributed by atoms with Crippen molar-refractivity contribution < 1.29 is 9.84 Å². The van der Waals surface area contributed by atoms with Gasteiger partial charge in [-0.05, 0) is 31.9 Å². The Hall–Kier alpha value is -1.26. The van der Waals surface area contributed by atoms with Gasteiger partial charge in [0, 0.05) is 30.9 Å². The van der Waals surface area contributed by atoms with Gasteiger partial charge in [-0.1, -0.05) is 18.9 Å². The summed E-state index contributed by atoms with van der Waals surface area (Å²) in [5.41, 5.74) is 7.58. The van der Waals surface area contributed by atoms with E-state index in [4.69, 9.17) is 10.5 Å². The van der Waals surface area contributed by atoms with Crippen LogP contribution in [-0.2, 0) is 0 Å². The number of rotatable bonds is 5. The molecule has 20 heavy (non-hydrogen) atoms. The lowest BCUT2D eigenvalue weighted by molar-refractivity contribution is 0.0559. The van der Waals surface area contributed by atoms with Gasteiger partial charge in [0.05, 0.1) is 12.7 Å². The van der Waals surface area contributed by atoms with Crippen LogP contribution < -0.4 is 15.4 Å². The lowest BCUT2D eigenvalue weighted by atomic mass is 9.99. The van der Waals surface area contributed by atoms with Gasteiger partial charge >= 0.3 is 0 Å². The van der Waals surface area contributed by atoms with Crippen molar-refractivity contribution in [2.75, 3.05) is 25.6 Å². The van der Waals surface area contributed by atoms with E-state index < -0.39 is 5.60 Å². The first-order valence-corrected chi connectivity index (χ1v) is 7.33. The molecule has 2 rings (SSSR count). The summed E-state index contributed by atoms with van der Waals surface area (Å²) in [4.78, 5) is 2.10. The van der Waals surface area contributed by atoms with E-state index in [0.29, 0.717) is 6.54 Å². The van der Waals surface area contributed by atoms with Crippen LogP contribution in [0.5, 0.6) is 5.75 Å². The number of likely N-dealkylation sites (N-methyl/N-ethyl adjacent to an activating group) is 1. The normalized spacial score (nSPS) is 18.9. The van der Waals surface area contributed by atoms with Gasteiger partial charge in [-0.2, -0.15) is 0 Å². The fourth-order valence-corrected chi connectivity index (χ4v) is 3.22. The number of hydrogen-bond donors (Lipinski definition) is 2. The fraction of sp³-hybridized carbons (Fsp3) is 0.625. The van der Waals surface area contributed by atoms with Gasteiger partial charge in [0.25, 0.3) is 0 Å². The maximum atomic E-state index is 10.6. The van der Waals surface area contributed by atoms with Crippen molar-refractivity contribution in [1.82, 2.24) is 0 Å². The van der Waals surface area contributed by atoms with Crippen molar-refractivity contribution in [1.29, 1.82) is 0 Å². The minimum absolute atomic E-state index is 0.109.